The fourth-order valence-electron chi connectivity index (χ4n) is 1.23. The number of methoxy groups -OCH3 is 1. The van der Waals surface area contributed by atoms with Crippen LogP contribution in [0.2, 0.25) is 0 Å². The van der Waals surface area contributed by atoms with Crippen molar-refractivity contribution in [1.29, 1.82) is 0 Å². The summed E-state index contributed by atoms with van der Waals surface area (Å²) in [5.41, 5.74) is 1.21. The summed E-state index contributed by atoms with van der Waals surface area (Å²) in [6.07, 6.45) is 1.69. The third-order valence-corrected chi connectivity index (χ3v) is 1.85. The minimum absolute atomic E-state index is 0.198. The number of nitrogens with one attached hydrogen (secondary N) is 1. The van der Waals surface area contributed by atoms with Crippen molar-refractivity contribution in [3.63, 3.8) is 0 Å². The molecule has 0 amide bonds. The fourth-order valence-corrected chi connectivity index (χ4v) is 1.23. The molecular formula is C11H15NO. The molecule has 0 bridgehead atoms. The van der Waals surface area contributed by atoms with E-state index < -0.39 is 0 Å². The van der Waals surface area contributed by atoms with Crippen LogP contribution in [0, 0.1) is 0 Å². The van der Waals surface area contributed by atoms with Crippen molar-refractivity contribution < 1.29 is 4.74 Å². The number of rotatable bonds is 5. The zero-order chi connectivity index (χ0) is 9.52. The maximum atomic E-state index is 5.10. The van der Waals surface area contributed by atoms with Gasteiger partial charge in [-0.25, -0.2) is 0 Å². The predicted molar refractivity (Wildman–Crippen MR) is 54.4 cm³/mol. The molecule has 0 radical (unpaired) electrons. The fraction of sp³-hybridized carbons (Fsp3) is 0.273. The van der Waals surface area contributed by atoms with E-state index in [2.05, 4.69) is 24.0 Å². The Morgan fingerprint density at radius 2 is 2.15 bits per heavy atom. The van der Waals surface area contributed by atoms with E-state index in [1.807, 2.05) is 18.2 Å². The first-order chi connectivity index (χ1) is 6.38. The SMILES string of the molecule is C=CN[C@H](COC)c1ccccc1. The van der Waals surface area contributed by atoms with E-state index in [1.165, 1.54) is 5.56 Å². The molecule has 13 heavy (non-hydrogen) atoms. The summed E-state index contributed by atoms with van der Waals surface area (Å²) in [7, 11) is 1.70. The quantitative estimate of drug-likeness (QED) is 0.743. The van der Waals surface area contributed by atoms with Gasteiger partial charge < -0.3 is 10.1 Å². The Labute approximate surface area is 79.2 Å². The van der Waals surface area contributed by atoms with Crippen molar-refractivity contribution in [2.75, 3.05) is 13.7 Å². The lowest BCUT2D eigenvalue weighted by atomic mass is 10.1. The first kappa shape index (κ1) is 9.81. The molecule has 0 fully saturated rings. The average molecular weight is 177 g/mol. The molecule has 1 rings (SSSR count). The van der Waals surface area contributed by atoms with Crippen LogP contribution in [0.15, 0.2) is 43.1 Å². The molecule has 70 valence electrons. The molecule has 0 saturated heterocycles. The predicted octanol–water partition coefficient (Wildman–Crippen LogP) is 2.11. The molecule has 2 heteroatoms. The van der Waals surface area contributed by atoms with Gasteiger partial charge in [-0.2, -0.15) is 0 Å². The molecule has 1 aromatic carbocycles. The summed E-state index contributed by atoms with van der Waals surface area (Å²) in [4.78, 5) is 0. The number of hydrogen-bond donors (Lipinski definition) is 1. The molecule has 0 heterocycles. The summed E-state index contributed by atoms with van der Waals surface area (Å²) in [6, 6.07) is 10.4. The van der Waals surface area contributed by atoms with Crippen LogP contribution < -0.4 is 5.32 Å². The summed E-state index contributed by atoms with van der Waals surface area (Å²) in [6.45, 7) is 4.29. The highest BCUT2D eigenvalue weighted by Gasteiger charge is 2.06. The zero-order valence-corrected chi connectivity index (χ0v) is 7.86. The second kappa shape index (κ2) is 5.38. The van der Waals surface area contributed by atoms with Crippen LogP contribution in [0.25, 0.3) is 0 Å². The number of hydrogen-bond acceptors (Lipinski definition) is 2. The van der Waals surface area contributed by atoms with E-state index in [1.54, 1.807) is 13.3 Å². The monoisotopic (exact) mass is 177 g/mol. The third kappa shape index (κ3) is 2.92. The molecule has 0 saturated carbocycles. The van der Waals surface area contributed by atoms with Crippen LogP contribution in [0.5, 0.6) is 0 Å². The summed E-state index contributed by atoms with van der Waals surface area (Å²) in [5, 5.41) is 3.14. The van der Waals surface area contributed by atoms with Gasteiger partial charge >= 0.3 is 0 Å². The Morgan fingerprint density at radius 3 is 2.69 bits per heavy atom. The highest BCUT2D eigenvalue weighted by Crippen LogP contribution is 2.11. The second-order valence-corrected chi connectivity index (χ2v) is 2.79. The van der Waals surface area contributed by atoms with E-state index in [0.29, 0.717) is 6.61 Å². The molecule has 1 aromatic rings. The van der Waals surface area contributed by atoms with Gasteiger partial charge in [0, 0.05) is 7.11 Å². The Morgan fingerprint density at radius 1 is 1.46 bits per heavy atom. The first-order valence-electron chi connectivity index (χ1n) is 4.29. The van der Waals surface area contributed by atoms with Gasteiger partial charge in [-0.15, -0.1) is 0 Å². The highest BCUT2D eigenvalue weighted by atomic mass is 16.5. The van der Waals surface area contributed by atoms with E-state index in [9.17, 15) is 0 Å². The lowest BCUT2D eigenvalue weighted by Gasteiger charge is -2.16. The average Bonchev–Trinajstić information content (AvgIpc) is 2.19. The van der Waals surface area contributed by atoms with Crippen molar-refractivity contribution in [2.45, 2.75) is 6.04 Å². The zero-order valence-electron chi connectivity index (χ0n) is 7.86. The largest absolute Gasteiger partial charge is 0.382 e. The van der Waals surface area contributed by atoms with Crippen LogP contribution in [-0.2, 0) is 4.74 Å². The van der Waals surface area contributed by atoms with Gasteiger partial charge in [0.15, 0.2) is 0 Å². The van der Waals surface area contributed by atoms with Crippen LogP contribution in [0.1, 0.15) is 11.6 Å². The van der Waals surface area contributed by atoms with Crippen molar-refractivity contribution in [2.24, 2.45) is 0 Å². The Kier molecular flexibility index (Phi) is 4.06. The van der Waals surface area contributed by atoms with Gasteiger partial charge in [-0.05, 0) is 11.8 Å². The lowest BCUT2D eigenvalue weighted by molar-refractivity contribution is 0.172. The van der Waals surface area contributed by atoms with Crippen molar-refractivity contribution in [3.05, 3.63) is 48.7 Å². The summed E-state index contributed by atoms with van der Waals surface area (Å²) in [5.74, 6) is 0. The van der Waals surface area contributed by atoms with Crippen molar-refractivity contribution in [1.82, 2.24) is 5.32 Å². The van der Waals surface area contributed by atoms with Gasteiger partial charge in [0.1, 0.15) is 0 Å². The molecule has 2 nitrogen and oxygen atoms in total. The van der Waals surface area contributed by atoms with Gasteiger partial charge in [-0.1, -0.05) is 36.9 Å². The van der Waals surface area contributed by atoms with E-state index in [4.69, 9.17) is 4.74 Å². The molecule has 0 aliphatic carbocycles. The van der Waals surface area contributed by atoms with Crippen LogP contribution in [-0.4, -0.2) is 13.7 Å². The first-order valence-corrected chi connectivity index (χ1v) is 4.29. The molecule has 0 aliphatic heterocycles. The second-order valence-electron chi connectivity index (χ2n) is 2.79. The normalized spacial score (nSPS) is 12.1. The third-order valence-electron chi connectivity index (χ3n) is 1.85. The lowest BCUT2D eigenvalue weighted by Crippen LogP contribution is -2.19. The van der Waals surface area contributed by atoms with Crippen LogP contribution in [0.3, 0.4) is 0 Å². The molecular weight excluding hydrogens is 162 g/mol. The van der Waals surface area contributed by atoms with E-state index in [-0.39, 0.29) is 6.04 Å². The Balaban J connectivity index is 2.69. The summed E-state index contributed by atoms with van der Waals surface area (Å²) < 4.78 is 5.10. The molecule has 1 N–H and O–H groups in total. The number of ether oxygens (including phenoxy) is 1. The van der Waals surface area contributed by atoms with Gasteiger partial charge in [0.05, 0.1) is 12.6 Å². The molecule has 0 aromatic heterocycles. The molecule has 0 unspecified atom stereocenters. The Hall–Kier alpha value is -1.28. The van der Waals surface area contributed by atoms with E-state index in [0.717, 1.165) is 0 Å². The maximum absolute atomic E-state index is 5.10. The van der Waals surface area contributed by atoms with Crippen LogP contribution in [0.4, 0.5) is 0 Å². The molecule has 0 spiro atoms. The molecule has 1 atom stereocenters. The highest BCUT2D eigenvalue weighted by molar-refractivity contribution is 5.19. The van der Waals surface area contributed by atoms with Gasteiger partial charge in [-0.3, -0.25) is 0 Å². The van der Waals surface area contributed by atoms with Gasteiger partial charge in [0.25, 0.3) is 0 Å². The Bertz CT molecular complexity index is 246. The topological polar surface area (TPSA) is 21.3 Å². The molecule has 0 aliphatic rings. The minimum atomic E-state index is 0.198. The van der Waals surface area contributed by atoms with Crippen molar-refractivity contribution in [3.8, 4) is 0 Å². The maximum Gasteiger partial charge on any atom is 0.0742 e. The minimum Gasteiger partial charge on any atom is -0.382 e. The smallest absolute Gasteiger partial charge is 0.0742 e. The van der Waals surface area contributed by atoms with Crippen LogP contribution >= 0.6 is 0 Å². The number of benzene rings is 1. The standard InChI is InChI=1S/C11H15NO/c1-3-12-11(9-13-2)10-7-5-4-6-8-10/h3-8,11-12H,1,9H2,2H3/t11-/m1/s1. The van der Waals surface area contributed by atoms with E-state index >= 15 is 0 Å². The van der Waals surface area contributed by atoms with Gasteiger partial charge in [0.2, 0.25) is 0 Å². The van der Waals surface area contributed by atoms with Crippen molar-refractivity contribution >= 4 is 0 Å². The summed E-state index contributed by atoms with van der Waals surface area (Å²) >= 11 is 0.